The van der Waals surface area contributed by atoms with E-state index in [0.717, 1.165) is 16.6 Å². The largest absolute Gasteiger partial charge is 0.456 e. The number of benzene rings is 7. The summed E-state index contributed by atoms with van der Waals surface area (Å²) in [7, 11) is 0. The van der Waals surface area contributed by atoms with Gasteiger partial charge in [-0.2, -0.15) is 0 Å². The van der Waals surface area contributed by atoms with Gasteiger partial charge in [0.2, 0.25) is 0 Å². The van der Waals surface area contributed by atoms with E-state index in [2.05, 4.69) is 133 Å². The van der Waals surface area contributed by atoms with Crippen molar-refractivity contribution in [2.75, 3.05) is 0 Å². The van der Waals surface area contributed by atoms with Gasteiger partial charge in [0.1, 0.15) is 11.2 Å². The minimum atomic E-state index is 0.925. The van der Waals surface area contributed by atoms with Crippen molar-refractivity contribution in [1.82, 2.24) is 0 Å². The van der Waals surface area contributed by atoms with E-state index in [1.807, 2.05) is 11.8 Å². The highest BCUT2D eigenvalue weighted by Gasteiger charge is 2.19. The molecule has 0 aliphatic carbocycles. The number of fused-ring (bicyclic) bond motifs is 6. The zero-order valence-electron chi connectivity index (χ0n) is 21.5. The molecule has 0 bridgehead atoms. The summed E-state index contributed by atoms with van der Waals surface area (Å²) in [6.45, 7) is 0. The zero-order chi connectivity index (χ0) is 26.2. The Balaban J connectivity index is 1.15. The molecular weight excluding hydrogens is 504 g/mol. The highest BCUT2D eigenvalue weighted by molar-refractivity contribution is 7.99. The molecule has 0 unspecified atom stereocenters. The summed E-state index contributed by atoms with van der Waals surface area (Å²) in [6, 6.07) is 48.4. The lowest BCUT2D eigenvalue weighted by atomic mass is 9.93. The molecule has 186 valence electrons. The number of hydrogen-bond acceptors (Lipinski definition) is 2. The lowest BCUT2D eigenvalue weighted by Gasteiger charge is -2.21. The Kier molecular flexibility index (Phi) is 4.61. The van der Waals surface area contributed by atoms with Gasteiger partial charge in [-0.3, -0.25) is 0 Å². The quantitative estimate of drug-likeness (QED) is 0.222. The van der Waals surface area contributed by atoms with Crippen LogP contribution in [0.25, 0.3) is 76.9 Å². The van der Waals surface area contributed by atoms with E-state index in [4.69, 9.17) is 4.42 Å². The molecule has 0 saturated carbocycles. The van der Waals surface area contributed by atoms with Crippen LogP contribution in [0.15, 0.2) is 148 Å². The first kappa shape index (κ1) is 22.1. The van der Waals surface area contributed by atoms with Crippen LogP contribution >= 0.6 is 11.8 Å². The van der Waals surface area contributed by atoms with Gasteiger partial charge in [0.15, 0.2) is 0 Å². The minimum Gasteiger partial charge on any atom is -0.456 e. The van der Waals surface area contributed by atoms with Crippen molar-refractivity contribution in [2.24, 2.45) is 0 Å². The van der Waals surface area contributed by atoms with Crippen molar-refractivity contribution in [3.8, 4) is 33.4 Å². The molecule has 1 aliphatic heterocycles. The molecule has 0 amide bonds. The van der Waals surface area contributed by atoms with Crippen molar-refractivity contribution < 1.29 is 4.42 Å². The van der Waals surface area contributed by atoms with Gasteiger partial charge in [0.25, 0.3) is 0 Å². The Bertz CT molecular complexity index is 2280. The van der Waals surface area contributed by atoms with E-state index >= 15 is 0 Å². The van der Waals surface area contributed by atoms with Gasteiger partial charge >= 0.3 is 0 Å². The Hall–Kier alpha value is -4.79. The van der Waals surface area contributed by atoms with E-state index in [0.29, 0.717) is 0 Å². The van der Waals surface area contributed by atoms with Gasteiger partial charge in [-0.1, -0.05) is 109 Å². The normalized spacial score (nSPS) is 12.4. The van der Waals surface area contributed by atoms with Crippen LogP contribution in [-0.2, 0) is 0 Å². The molecule has 8 aromatic rings. The molecular formula is C38H22OS. The third kappa shape index (κ3) is 3.23. The molecule has 1 aromatic heterocycles. The van der Waals surface area contributed by atoms with Crippen molar-refractivity contribution in [1.29, 1.82) is 0 Å². The lowest BCUT2D eigenvalue weighted by Crippen LogP contribution is -1.93. The summed E-state index contributed by atoms with van der Waals surface area (Å²) in [5, 5.41) is 7.43. The smallest absolute Gasteiger partial charge is 0.136 e. The Morgan fingerprint density at radius 3 is 1.98 bits per heavy atom. The summed E-state index contributed by atoms with van der Waals surface area (Å²) >= 11 is 1.87. The maximum Gasteiger partial charge on any atom is 0.136 e. The molecule has 1 aliphatic rings. The van der Waals surface area contributed by atoms with Crippen LogP contribution in [0, 0.1) is 0 Å². The highest BCUT2D eigenvalue weighted by Crippen LogP contribution is 2.49. The van der Waals surface area contributed by atoms with Crippen LogP contribution in [-0.4, -0.2) is 0 Å². The molecule has 1 nitrogen and oxygen atoms in total. The summed E-state index contributed by atoms with van der Waals surface area (Å²) in [4.78, 5) is 2.66. The molecule has 0 atom stereocenters. The van der Waals surface area contributed by atoms with Crippen LogP contribution in [0.4, 0.5) is 0 Å². The van der Waals surface area contributed by atoms with Crippen LogP contribution in [0.5, 0.6) is 0 Å². The van der Waals surface area contributed by atoms with Gasteiger partial charge in [0, 0.05) is 25.9 Å². The molecule has 0 spiro atoms. The molecule has 2 heterocycles. The molecule has 0 saturated heterocycles. The van der Waals surface area contributed by atoms with E-state index in [1.54, 1.807) is 0 Å². The number of rotatable bonds is 2. The molecule has 0 N–H and O–H groups in total. The minimum absolute atomic E-state index is 0.925. The second-order valence-corrected chi connectivity index (χ2v) is 11.6. The Morgan fingerprint density at radius 1 is 0.400 bits per heavy atom. The predicted molar refractivity (Wildman–Crippen MR) is 169 cm³/mol. The first-order valence-corrected chi connectivity index (χ1v) is 14.4. The molecule has 7 aromatic carbocycles. The summed E-state index contributed by atoms with van der Waals surface area (Å²) in [6.07, 6.45) is 0. The van der Waals surface area contributed by atoms with Gasteiger partial charge < -0.3 is 4.42 Å². The fourth-order valence-corrected chi connectivity index (χ4v) is 7.47. The van der Waals surface area contributed by atoms with Crippen molar-refractivity contribution in [3.05, 3.63) is 133 Å². The number of hydrogen-bond donors (Lipinski definition) is 0. The highest BCUT2D eigenvalue weighted by atomic mass is 32.2. The van der Waals surface area contributed by atoms with Gasteiger partial charge in [-0.15, -0.1) is 0 Å². The zero-order valence-corrected chi connectivity index (χ0v) is 22.3. The van der Waals surface area contributed by atoms with E-state index in [1.165, 1.54) is 70.1 Å². The lowest BCUT2D eigenvalue weighted by molar-refractivity contribution is 0.669. The second-order valence-electron chi connectivity index (χ2n) is 10.5. The van der Waals surface area contributed by atoms with Crippen LogP contribution < -0.4 is 0 Å². The molecule has 0 fully saturated rings. The summed E-state index contributed by atoms with van der Waals surface area (Å²) < 4.78 is 6.32. The molecule has 2 heteroatoms. The van der Waals surface area contributed by atoms with Crippen molar-refractivity contribution >= 4 is 55.2 Å². The third-order valence-electron chi connectivity index (χ3n) is 8.25. The molecule has 9 rings (SSSR count). The Labute approximate surface area is 235 Å². The predicted octanol–water partition coefficient (Wildman–Crippen LogP) is 11.4. The molecule has 40 heavy (non-hydrogen) atoms. The maximum atomic E-state index is 6.32. The van der Waals surface area contributed by atoms with Gasteiger partial charge in [-0.25, -0.2) is 0 Å². The van der Waals surface area contributed by atoms with Crippen LogP contribution in [0.3, 0.4) is 0 Å². The van der Waals surface area contributed by atoms with Gasteiger partial charge in [0.05, 0.1) is 0 Å². The fourth-order valence-electron chi connectivity index (χ4n) is 6.34. The van der Waals surface area contributed by atoms with Crippen LogP contribution in [0.2, 0.25) is 0 Å². The topological polar surface area (TPSA) is 13.1 Å². The SMILES string of the molecule is c1ccc2cc3c(cc2c1)oc1cccc(-c2ccc(-c4ccc5c(c4)-c4cccc6cccc(c46)S5)cc2)c13. The van der Waals surface area contributed by atoms with Crippen molar-refractivity contribution in [3.63, 3.8) is 0 Å². The Morgan fingerprint density at radius 2 is 1.10 bits per heavy atom. The van der Waals surface area contributed by atoms with Gasteiger partial charge in [-0.05, 0) is 85.9 Å². The summed E-state index contributed by atoms with van der Waals surface area (Å²) in [5.74, 6) is 0. The van der Waals surface area contributed by atoms with Crippen molar-refractivity contribution in [2.45, 2.75) is 9.79 Å². The monoisotopic (exact) mass is 526 g/mol. The summed E-state index contributed by atoms with van der Waals surface area (Å²) in [5.41, 5.74) is 9.35. The third-order valence-corrected chi connectivity index (χ3v) is 9.38. The maximum absolute atomic E-state index is 6.32. The first-order valence-electron chi connectivity index (χ1n) is 13.6. The number of furan rings is 1. The molecule has 0 radical (unpaired) electrons. The van der Waals surface area contributed by atoms with Crippen LogP contribution in [0.1, 0.15) is 0 Å². The standard InChI is InChI=1S/C38H22OS/c1-2-7-27-22-34-32(21-26(27)6-1)38-29(10-5-12-33(38)39-34)24-16-14-23(15-17-24)28-18-19-35-31(20-28)30-11-3-8-25-9-4-13-36(40-35)37(25)30/h1-22H. The van der Waals surface area contributed by atoms with E-state index < -0.39 is 0 Å². The average Bonchev–Trinajstić information content (AvgIpc) is 3.38. The van der Waals surface area contributed by atoms with E-state index in [9.17, 15) is 0 Å². The fraction of sp³-hybridized carbons (Fsp3) is 0. The average molecular weight is 527 g/mol. The second kappa shape index (κ2) is 8.35. The van der Waals surface area contributed by atoms with E-state index in [-0.39, 0.29) is 0 Å². The first-order chi connectivity index (χ1) is 19.8.